The minimum absolute atomic E-state index is 0.307. The summed E-state index contributed by atoms with van der Waals surface area (Å²) in [6.45, 7) is 0.741. The van der Waals surface area contributed by atoms with Gasteiger partial charge in [-0.3, -0.25) is 0 Å². The lowest BCUT2D eigenvalue weighted by atomic mass is 10.2. The predicted molar refractivity (Wildman–Crippen MR) is 83.7 cm³/mol. The molecule has 2 rings (SSSR count). The van der Waals surface area contributed by atoms with E-state index in [4.69, 9.17) is 29.6 Å². The molecule has 1 heterocycles. The van der Waals surface area contributed by atoms with Crippen LogP contribution in [-0.4, -0.2) is 17.0 Å². The molecule has 0 aliphatic carbocycles. The van der Waals surface area contributed by atoms with Crippen molar-refractivity contribution in [1.29, 1.82) is 0 Å². The van der Waals surface area contributed by atoms with Crippen molar-refractivity contribution < 1.29 is 0 Å². The van der Waals surface area contributed by atoms with Crippen molar-refractivity contribution in [2.75, 3.05) is 11.9 Å². The summed E-state index contributed by atoms with van der Waals surface area (Å²) in [6.07, 6.45) is 0. The van der Waals surface area contributed by atoms with Crippen LogP contribution in [-0.2, 0) is 6.54 Å². The lowest BCUT2D eigenvalue weighted by Crippen LogP contribution is -2.19. The van der Waals surface area contributed by atoms with Crippen LogP contribution in [0.5, 0.6) is 0 Å². The largest absolute Gasteiger partial charge is 0.388 e. The van der Waals surface area contributed by atoms with Crippen LogP contribution in [0.3, 0.4) is 0 Å². The van der Waals surface area contributed by atoms with Crippen molar-refractivity contribution in [2.45, 2.75) is 6.54 Å². The van der Waals surface area contributed by atoms with Gasteiger partial charge in [0.15, 0.2) is 0 Å². The van der Waals surface area contributed by atoms with E-state index >= 15 is 0 Å². The Morgan fingerprint density at radius 3 is 2.58 bits per heavy atom. The molecule has 19 heavy (non-hydrogen) atoms. The molecule has 0 spiro atoms. The number of pyridine rings is 1. The van der Waals surface area contributed by atoms with Crippen molar-refractivity contribution in [3.8, 4) is 0 Å². The minimum Gasteiger partial charge on any atom is -0.388 e. The fourth-order valence-corrected chi connectivity index (χ4v) is 1.96. The molecule has 0 amide bonds. The number of nitrogens with zero attached hydrogens (tertiary/aromatic N) is 2. The van der Waals surface area contributed by atoms with Crippen LogP contribution in [0.15, 0.2) is 42.5 Å². The summed E-state index contributed by atoms with van der Waals surface area (Å²) in [6, 6.07) is 13.4. The first-order chi connectivity index (χ1) is 9.06. The van der Waals surface area contributed by atoms with Gasteiger partial charge in [-0.05, 0) is 29.8 Å². The van der Waals surface area contributed by atoms with E-state index in [9.17, 15) is 0 Å². The van der Waals surface area contributed by atoms with Crippen LogP contribution in [0.25, 0.3) is 0 Å². The van der Waals surface area contributed by atoms with Gasteiger partial charge in [0.05, 0.1) is 5.69 Å². The fourth-order valence-electron chi connectivity index (χ4n) is 1.72. The first-order valence-corrected chi connectivity index (χ1v) is 6.57. The quantitative estimate of drug-likeness (QED) is 0.880. The van der Waals surface area contributed by atoms with E-state index in [1.807, 2.05) is 54.4 Å². The third-order valence-corrected chi connectivity index (χ3v) is 3.17. The number of aromatic nitrogens is 1. The highest BCUT2D eigenvalue weighted by Gasteiger charge is 2.06. The Labute approximate surface area is 123 Å². The van der Waals surface area contributed by atoms with Crippen molar-refractivity contribution >= 4 is 34.6 Å². The number of halogens is 1. The molecular weight excluding hydrogens is 278 g/mol. The zero-order valence-corrected chi connectivity index (χ0v) is 12.1. The van der Waals surface area contributed by atoms with E-state index in [1.54, 1.807) is 0 Å². The molecule has 5 heteroatoms. The highest BCUT2D eigenvalue weighted by Crippen LogP contribution is 2.15. The lowest BCUT2D eigenvalue weighted by molar-refractivity contribution is 0.897. The monoisotopic (exact) mass is 291 g/mol. The first kappa shape index (κ1) is 13.8. The third kappa shape index (κ3) is 3.66. The average Bonchev–Trinajstić information content (AvgIpc) is 2.41. The van der Waals surface area contributed by atoms with Crippen molar-refractivity contribution in [3.63, 3.8) is 0 Å². The Morgan fingerprint density at radius 2 is 1.95 bits per heavy atom. The predicted octanol–water partition coefficient (Wildman–Crippen LogP) is 3.01. The Morgan fingerprint density at radius 1 is 1.26 bits per heavy atom. The molecule has 1 aromatic heterocycles. The minimum atomic E-state index is 0.307. The summed E-state index contributed by atoms with van der Waals surface area (Å²) in [5.41, 5.74) is 7.38. The molecule has 0 radical (unpaired) electrons. The normalized spacial score (nSPS) is 10.2. The second-order valence-electron chi connectivity index (χ2n) is 4.23. The van der Waals surface area contributed by atoms with Gasteiger partial charge < -0.3 is 10.6 Å². The van der Waals surface area contributed by atoms with Gasteiger partial charge in [-0.25, -0.2) is 4.98 Å². The van der Waals surface area contributed by atoms with Crippen LogP contribution < -0.4 is 10.6 Å². The van der Waals surface area contributed by atoms with E-state index in [-0.39, 0.29) is 0 Å². The summed E-state index contributed by atoms with van der Waals surface area (Å²) < 4.78 is 0. The first-order valence-electron chi connectivity index (χ1n) is 5.78. The number of thiocarbonyl (C=S) groups is 1. The van der Waals surface area contributed by atoms with E-state index in [0.717, 1.165) is 22.9 Å². The van der Waals surface area contributed by atoms with E-state index in [0.29, 0.717) is 10.7 Å². The molecule has 2 N–H and O–H groups in total. The van der Waals surface area contributed by atoms with Gasteiger partial charge in [-0.2, -0.15) is 0 Å². The number of rotatable bonds is 4. The zero-order chi connectivity index (χ0) is 13.8. The van der Waals surface area contributed by atoms with Crippen LogP contribution in [0, 0.1) is 0 Å². The Hall–Kier alpha value is -1.65. The van der Waals surface area contributed by atoms with Gasteiger partial charge in [-0.15, -0.1) is 0 Å². The highest BCUT2D eigenvalue weighted by atomic mass is 35.5. The molecule has 0 bridgehead atoms. The molecule has 0 saturated carbocycles. The zero-order valence-electron chi connectivity index (χ0n) is 10.5. The maximum atomic E-state index is 5.87. The molecule has 3 nitrogen and oxygen atoms in total. The number of anilines is 1. The summed E-state index contributed by atoms with van der Waals surface area (Å²) in [7, 11) is 1.97. The van der Waals surface area contributed by atoms with Gasteiger partial charge in [0.2, 0.25) is 0 Å². The molecule has 0 aliphatic rings. The molecule has 98 valence electrons. The summed E-state index contributed by atoms with van der Waals surface area (Å²) in [4.78, 5) is 6.76. The highest BCUT2D eigenvalue weighted by molar-refractivity contribution is 7.80. The van der Waals surface area contributed by atoms with E-state index < -0.39 is 0 Å². The van der Waals surface area contributed by atoms with Gasteiger partial charge in [-0.1, -0.05) is 42.0 Å². The molecule has 2 aromatic rings. The molecule has 0 unspecified atom stereocenters. The molecule has 0 saturated heterocycles. The number of hydrogen-bond acceptors (Lipinski definition) is 3. The molecular formula is C14H14ClN3S. The third-order valence-electron chi connectivity index (χ3n) is 2.71. The fraction of sp³-hybridized carbons (Fsp3) is 0.143. The standard InChI is InChI=1S/C14H14ClN3S/c1-18(9-10-5-7-11(15)8-6-10)13-4-2-3-12(17-13)14(16)19/h2-8H,9H2,1H3,(H2,16,19). The Kier molecular flexibility index (Phi) is 4.35. The van der Waals surface area contributed by atoms with Crippen LogP contribution in [0.4, 0.5) is 5.82 Å². The Balaban J connectivity index is 2.15. The van der Waals surface area contributed by atoms with Gasteiger partial charge >= 0.3 is 0 Å². The smallest absolute Gasteiger partial charge is 0.129 e. The maximum absolute atomic E-state index is 5.87. The Bertz CT molecular complexity index is 583. The van der Waals surface area contributed by atoms with Crippen LogP contribution >= 0.6 is 23.8 Å². The van der Waals surface area contributed by atoms with Gasteiger partial charge in [0.25, 0.3) is 0 Å². The van der Waals surface area contributed by atoms with E-state index in [2.05, 4.69) is 4.98 Å². The second-order valence-corrected chi connectivity index (χ2v) is 5.10. The SMILES string of the molecule is CN(Cc1ccc(Cl)cc1)c1cccc(C(N)=S)n1. The van der Waals surface area contributed by atoms with Gasteiger partial charge in [0.1, 0.15) is 10.8 Å². The van der Waals surface area contributed by atoms with Gasteiger partial charge in [0, 0.05) is 18.6 Å². The van der Waals surface area contributed by atoms with Crippen molar-refractivity contribution in [3.05, 3.63) is 58.7 Å². The van der Waals surface area contributed by atoms with Crippen molar-refractivity contribution in [2.24, 2.45) is 5.73 Å². The summed E-state index contributed by atoms with van der Waals surface area (Å²) >= 11 is 10.8. The average molecular weight is 292 g/mol. The number of hydrogen-bond donors (Lipinski definition) is 1. The van der Waals surface area contributed by atoms with Crippen LogP contribution in [0.1, 0.15) is 11.3 Å². The molecule has 0 atom stereocenters. The van der Waals surface area contributed by atoms with E-state index in [1.165, 1.54) is 0 Å². The molecule has 0 aliphatic heterocycles. The summed E-state index contributed by atoms with van der Waals surface area (Å²) in [5, 5.41) is 0.736. The topological polar surface area (TPSA) is 42.1 Å². The molecule has 1 aromatic carbocycles. The maximum Gasteiger partial charge on any atom is 0.129 e. The number of benzene rings is 1. The van der Waals surface area contributed by atoms with Crippen LogP contribution in [0.2, 0.25) is 5.02 Å². The molecule has 0 fully saturated rings. The summed E-state index contributed by atoms with van der Waals surface area (Å²) in [5.74, 6) is 0.834. The second kappa shape index (κ2) is 5.99. The lowest BCUT2D eigenvalue weighted by Gasteiger charge is -2.18. The number of nitrogens with two attached hydrogens (primary N) is 1. The van der Waals surface area contributed by atoms with Crippen molar-refractivity contribution in [1.82, 2.24) is 4.98 Å².